The van der Waals surface area contributed by atoms with Crippen LogP contribution in [0.2, 0.25) is 0 Å². The van der Waals surface area contributed by atoms with E-state index in [2.05, 4.69) is 5.32 Å². The number of methoxy groups -OCH3 is 2. The second-order valence-electron chi connectivity index (χ2n) is 7.14. The monoisotopic (exact) mass is 423 g/mol. The van der Waals surface area contributed by atoms with E-state index in [-0.39, 0.29) is 18.6 Å². The number of amides is 1. The van der Waals surface area contributed by atoms with Crippen molar-refractivity contribution in [3.8, 4) is 23.0 Å². The van der Waals surface area contributed by atoms with Crippen LogP contribution in [0.25, 0.3) is 10.8 Å². The first-order chi connectivity index (χ1) is 14.9. The molecule has 0 saturated heterocycles. The second-order valence-corrected chi connectivity index (χ2v) is 7.14. The smallest absolute Gasteiger partial charge is 0.343 e. The van der Waals surface area contributed by atoms with Crippen LogP contribution < -0.4 is 24.3 Å². The second kappa shape index (κ2) is 9.84. The first-order valence-corrected chi connectivity index (χ1v) is 9.80. The van der Waals surface area contributed by atoms with Crippen LogP contribution in [-0.4, -0.2) is 38.7 Å². The zero-order valence-electron chi connectivity index (χ0n) is 17.9. The van der Waals surface area contributed by atoms with Gasteiger partial charge in [0, 0.05) is 6.04 Å². The van der Waals surface area contributed by atoms with E-state index in [9.17, 15) is 9.59 Å². The molecule has 0 spiro atoms. The molecule has 3 aromatic carbocycles. The van der Waals surface area contributed by atoms with Gasteiger partial charge < -0.3 is 24.3 Å². The average molecular weight is 423 g/mol. The molecule has 0 aliphatic carbocycles. The van der Waals surface area contributed by atoms with E-state index in [1.54, 1.807) is 31.4 Å². The van der Waals surface area contributed by atoms with Gasteiger partial charge in [0.1, 0.15) is 11.5 Å². The number of carbonyl (C=O) groups excluding carboxylic acids is 2. The Hall–Kier alpha value is -3.74. The lowest BCUT2D eigenvalue weighted by Crippen LogP contribution is -2.34. The first kappa shape index (κ1) is 22.0. The lowest BCUT2D eigenvalue weighted by Gasteiger charge is -2.13. The molecule has 1 amide bonds. The van der Waals surface area contributed by atoms with Crippen molar-refractivity contribution < 1.29 is 28.5 Å². The minimum atomic E-state index is -0.537. The summed E-state index contributed by atoms with van der Waals surface area (Å²) in [7, 11) is 3.06. The third-order valence-electron chi connectivity index (χ3n) is 4.44. The Morgan fingerprint density at radius 1 is 0.839 bits per heavy atom. The van der Waals surface area contributed by atoms with Gasteiger partial charge in [0.2, 0.25) is 0 Å². The largest absolute Gasteiger partial charge is 0.497 e. The Labute approximate surface area is 180 Å². The van der Waals surface area contributed by atoms with E-state index >= 15 is 0 Å². The summed E-state index contributed by atoms with van der Waals surface area (Å²) in [6.45, 7) is 3.58. The van der Waals surface area contributed by atoms with Crippen molar-refractivity contribution in [2.24, 2.45) is 0 Å². The summed E-state index contributed by atoms with van der Waals surface area (Å²) in [6, 6.07) is 15.7. The minimum Gasteiger partial charge on any atom is -0.497 e. The van der Waals surface area contributed by atoms with E-state index in [4.69, 9.17) is 18.9 Å². The van der Waals surface area contributed by atoms with Gasteiger partial charge >= 0.3 is 5.97 Å². The van der Waals surface area contributed by atoms with Gasteiger partial charge in [0.05, 0.1) is 19.8 Å². The molecule has 7 nitrogen and oxygen atoms in total. The summed E-state index contributed by atoms with van der Waals surface area (Å²) in [5, 5.41) is 4.64. The summed E-state index contributed by atoms with van der Waals surface area (Å²) in [4.78, 5) is 24.4. The molecule has 7 heteroatoms. The van der Waals surface area contributed by atoms with Crippen molar-refractivity contribution in [3.05, 3.63) is 60.2 Å². The Morgan fingerprint density at radius 3 is 2.23 bits per heavy atom. The van der Waals surface area contributed by atoms with E-state index < -0.39 is 5.97 Å². The van der Waals surface area contributed by atoms with Crippen LogP contribution in [0.15, 0.2) is 54.6 Å². The van der Waals surface area contributed by atoms with Crippen molar-refractivity contribution in [3.63, 3.8) is 0 Å². The van der Waals surface area contributed by atoms with Crippen LogP contribution in [0.1, 0.15) is 24.2 Å². The van der Waals surface area contributed by atoms with Crippen LogP contribution in [0.3, 0.4) is 0 Å². The highest BCUT2D eigenvalue weighted by Gasteiger charge is 2.15. The zero-order chi connectivity index (χ0) is 22.4. The van der Waals surface area contributed by atoms with Crippen LogP contribution in [-0.2, 0) is 4.79 Å². The first-order valence-electron chi connectivity index (χ1n) is 9.80. The fourth-order valence-electron chi connectivity index (χ4n) is 2.98. The summed E-state index contributed by atoms with van der Waals surface area (Å²) in [6.07, 6.45) is 0. The molecule has 1 N–H and O–H groups in total. The molecule has 31 heavy (non-hydrogen) atoms. The van der Waals surface area contributed by atoms with E-state index in [1.165, 1.54) is 13.2 Å². The fourth-order valence-corrected chi connectivity index (χ4v) is 2.98. The average Bonchev–Trinajstić information content (AvgIpc) is 2.76. The van der Waals surface area contributed by atoms with Gasteiger partial charge in [0.25, 0.3) is 5.91 Å². The van der Waals surface area contributed by atoms with Gasteiger partial charge in [-0.2, -0.15) is 0 Å². The molecule has 0 saturated carbocycles. The number of ether oxygens (including phenoxy) is 4. The van der Waals surface area contributed by atoms with E-state index in [0.29, 0.717) is 22.8 Å². The number of esters is 1. The maximum atomic E-state index is 12.6. The number of nitrogens with one attached hydrogen (secondary N) is 1. The van der Waals surface area contributed by atoms with E-state index in [0.717, 1.165) is 16.5 Å². The van der Waals surface area contributed by atoms with Gasteiger partial charge in [-0.05, 0) is 67.1 Å². The number of hydrogen-bond acceptors (Lipinski definition) is 6. The lowest BCUT2D eigenvalue weighted by molar-refractivity contribution is -0.123. The molecular weight excluding hydrogens is 398 g/mol. The normalized spacial score (nSPS) is 10.6. The zero-order valence-corrected chi connectivity index (χ0v) is 17.9. The predicted octanol–water partition coefficient (Wildman–Crippen LogP) is 3.98. The molecule has 0 fully saturated rings. The molecule has 0 atom stereocenters. The summed E-state index contributed by atoms with van der Waals surface area (Å²) < 4.78 is 21.6. The Bertz CT molecular complexity index is 1090. The molecule has 3 rings (SSSR count). The predicted molar refractivity (Wildman–Crippen MR) is 117 cm³/mol. The number of benzene rings is 3. The molecule has 0 aliphatic heterocycles. The van der Waals surface area contributed by atoms with Gasteiger partial charge in [-0.15, -0.1) is 0 Å². The standard InChI is InChI=1S/C24H25NO6/c1-15(2)25-23(26)14-30-21-10-7-17(13-22(21)29-4)24(27)31-20-9-6-16-5-8-19(28-3)11-18(16)12-20/h5-13,15H,14H2,1-4H3,(H,25,26). The highest BCUT2D eigenvalue weighted by atomic mass is 16.5. The Morgan fingerprint density at radius 2 is 1.55 bits per heavy atom. The molecule has 162 valence electrons. The fraction of sp³-hybridized carbons (Fsp3) is 0.250. The molecule has 0 aromatic heterocycles. The molecule has 0 bridgehead atoms. The number of rotatable bonds is 8. The van der Waals surface area contributed by atoms with Crippen molar-refractivity contribution in [1.82, 2.24) is 5.32 Å². The quantitative estimate of drug-likeness (QED) is 0.436. The molecule has 0 heterocycles. The molecule has 3 aromatic rings. The Kier molecular flexibility index (Phi) is 6.97. The molecule has 0 aliphatic rings. The van der Waals surface area contributed by atoms with Crippen molar-refractivity contribution in [1.29, 1.82) is 0 Å². The van der Waals surface area contributed by atoms with E-state index in [1.807, 2.05) is 38.1 Å². The Balaban J connectivity index is 1.72. The molecular formula is C24H25NO6. The van der Waals surface area contributed by atoms with Gasteiger partial charge in [-0.25, -0.2) is 4.79 Å². The third kappa shape index (κ3) is 5.66. The van der Waals surface area contributed by atoms with Crippen molar-refractivity contribution >= 4 is 22.6 Å². The maximum absolute atomic E-state index is 12.6. The molecule has 0 radical (unpaired) electrons. The van der Waals surface area contributed by atoms with Crippen molar-refractivity contribution in [2.45, 2.75) is 19.9 Å². The van der Waals surface area contributed by atoms with Crippen molar-refractivity contribution in [2.75, 3.05) is 20.8 Å². The van der Waals surface area contributed by atoms with Gasteiger partial charge in [-0.1, -0.05) is 12.1 Å². The van der Waals surface area contributed by atoms with Gasteiger partial charge in [-0.3, -0.25) is 4.79 Å². The van der Waals surface area contributed by atoms with Gasteiger partial charge in [0.15, 0.2) is 18.1 Å². The number of hydrogen-bond donors (Lipinski definition) is 1. The lowest BCUT2D eigenvalue weighted by atomic mass is 10.1. The highest BCUT2D eigenvalue weighted by Crippen LogP contribution is 2.29. The van der Waals surface area contributed by atoms with Crippen LogP contribution >= 0.6 is 0 Å². The maximum Gasteiger partial charge on any atom is 0.343 e. The van der Waals surface area contributed by atoms with Crippen LogP contribution in [0.5, 0.6) is 23.0 Å². The van der Waals surface area contributed by atoms with Crippen LogP contribution in [0, 0.1) is 0 Å². The SMILES string of the molecule is COc1ccc2ccc(OC(=O)c3ccc(OCC(=O)NC(C)C)c(OC)c3)cc2c1. The summed E-state index contributed by atoms with van der Waals surface area (Å²) in [5.41, 5.74) is 0.293. The number of fused-ring (bicyclic) bond motifs is 1. The third-order valence-corrected chi connectivity index (χ3v) is 4.44. The minimum absolute atomic E-state index is 0.0198. The summed E-state index contributed by atoms with van der Waals surface area (Å²) >= 11 is 0. The summed E-state index contributed by atoms with van der Waals surface area (Å²) in [5.74, 6) is 1.04. The highest BCUT2D eigenvalue weighted by molar-refractivity contribution is 5.93. The van der Waals surface area contributed by atoms with Crippen LogP contribution in [0.4, 0.5) is 0 Å². The number of carbonyl (C=O) groups is 2. The molecule has 0 unspecified atom stereocenters. The topological polar surface area (TPSA) is 83.1 Å².